The van der Waals surface area contributed by atoms with Crippen molar-refractivity contribution in [3.63, 3.8) is 0 Å². The highest BCUT2D eigenvalue weighted by Gasteiger charge is 2.18. The van der Waals surface area contributed by atoms with Gasteiger partial charge < -0.3 is 0 Å². The maximum atomic E-state index is 11.3. The summed E-state index contributed by atoms with van der Waals surface area (Å²) in [5.41, 5.74) is 1.86. The monoisotopic (exact) mass is 436 g/mol. The van der Waals surface area contributed by atoms with Gasteiger partial charge in [0.15, 0.2) is 0 Å². The van der Waals surface area contributed by atoms with Crippen molar-refractivity contribution in [3.05, 3.63) is 68.1 Å². The summed E-state index contributed by atoms with van der Waals surface area (Å²) in [6, 6.07) is 13.0. The maximum absolute atomic E-state index is 11.3. The van der Waals surface area contributed by atoms with Gasteiger partial charge in [-0.2, -0.15) is 8.42 Å². The van der Waals surface area contributed by atoms with Gasteiger partial charge in [-0.1, -0.05) is 57.3 Å². The molecule has 23 heavy (non-hydrogen) atoms. The van der Waals surface area contributed by atoms with Gasteiger partial charge in [-0.25, -0.2) is 0 Å². The molecule has 124 valence electrons. The van der Waals surface area contributed by atoms with Crippen molar-refractivity contribution in [2.45, 2.75) is 12.3 Å². The molecule has 0 spiro atoms. The Bertz CT molecular complexity index is 776. The molecule has 0 saturated carbocycles. The first kappa shape index (κ1) is 18.7. The van der Waals surface area contributed by atoms with Crippen LogP contribution in [0.1, 0.15) is 17.0 Å². The van der Waals surface area contributed by atoms with Crippen LogP contribution in [0.25, 0.3) is 0 Å². The Kier molecular flexibility index (Phi) is 6.51. The Morgan fingerprint density at radius 3 is 2.35 bits per heavy atom. The van der Waals surface area contributed by atoms with Crippen LogP contribution in [0.4, 0.5) is 0 Å². The molecular formula is C16H15BrCl2O3S. The van der Waals surface area contributed by atoms with Gasteiger partial charge in [0.25, 0.3) is 10.1 Å². The van der Waals surface area contributed by atoms with E-state index in [1.807, 2.05) is 24.3 Å². The average molecular weight is 438 g/mol. The Morgan fingerprint density at radius 2 is 1.78 bits per heavy atom. The van der Waals surface area contributed by atoms with Gasteiger partial charge in [0.2, 0.25) is 0 Å². The van der Waals surface area contributed by atoms with Gasteiger partial charge in [0.1, 0.15) is 0 Å². The van der Waals surface area contributed by atoms with E-state index in [2.05, 4.69) is 15.9 Å². The number of hydrogen-bond acceptors (Lipinski definition) is 3. The number of hydrogen-bond donors (Lipinski definition) is 0. The second-order valence-corrected chi connectivity index (χ2v) is 8.59. The molecule has 0 aliphatic heterocycles. The predicted octanol–water partition coefficient (Wildman–Crippen LogP) is 5.06. The van der Waals surface area contributed by atoms with E-state index in [0.717, 1.165) is 21.9 Å². The minimum atomic E-state index is -3.52. The summed E-state index contributed by atoms with van der Waals surface area (Å²) in [4.78, 5) is 0. The first-order valence-electron chi connectivity index (χ1n) is 6.78. The van der Waals surface area contributed by atoms with E-state index in [-0.39, 0.29) is 12.5 Å². The summed E-state index contributed by atoms with van der Waals surface area (Å²) in [6.07, 6.45) is 1.64. The largest absolute Gasteiger partial charge is 0.270 e. The van der Waals surface area contributed by atoms with E-state index in [1.54, 1.807) is 18.2 Å². The van der Waals surface area contributed by atoms with Gasteiger partial charge in [-0.15, -0.1) is 0 Å². The maximum Gasteiger partial charge on any atom is 0.264 e. The molecule has 2 rings (SSSR count). The second kappa shape index (κ2) is 7.99. The molecule has 0 aliphatic carbocycles. The summed E-state index contributed by atoms with van der Waals surface area (Å²) in [6.45, 7) is 0.0241. The van der Waals surface area contributed by atoms with Gasteiger partial charge in [-0.05, 0) is 41.8 Å². The lowest BCUT2D eigenvalue weighted by Crippen LogP contribution is -2.15. The number of benzene rings is 2. The van der Waals surface area contributed by atoms with Crippen LogP contribution in [0.2, 0.25) is 10.0 Å². The SMILES string of the molecule is CS(=O)(=O)OC[C@H](Cc1ccc(Br)cc1)c1ccc(Cl)cc1Cl. The lowest BCUT2D eigenvalue weighted by atomic mass is 9.93. The highest BCUT2D eigenvalue weighted by Crippen LogP contribution is 2.31. The van der Waals surface area contributed by atoms with E-state index in [1.165, 1.54) is 0 Å². The standard InChI is InChI=1S/C16H15BrCl2O3S/c1-23(20,21)22-10-12(8-11-2-4-13(17)5-3-11)15-7-6-14(18)9-16(15)19/h2-7,9,12H,8,10H2,1H3/t12-/m0/s1. The fourth-order valence-electron chi connectivity index (χ4n) is 2.20. The lowest BCUT2D eigenvalue weighted by Gasteiger charge is -2.18. The summed E-state index contributed by atoms with van der Waals surface area (Å²) >= 11 is 15.6. The number of rotatable bonds is 6. The molecule has 7 heteroatoms. The van der Waals surface area contributed by atoms with Gasteiger partial charge in [-0.3, -0.25) is 4.18 Å². The van der Waals surface area contributed by atoms with Crippen LogP contribution < -0.4 is 0 Å². The highest BCUT2D eigenvalue weighted by atomic mass is 79.9. The van der Waals surface area contributed by atoms with Crippen molar-refractivity contribution in [3.8, 4) is 0 Å². The molecule has 0 bridgehead atoms. The van der Waals surface area contributed by atoms with Crippen molar-refractivity contribution in [2.75, 3.05) is 12.9 Å². The van der Waals surface area contributed by atoms with Crippen molar-refractivity contribution in [2.24, 2.45) is 0 Å². The molecule has 2 aromatic carbocycles. The molecule has 3 nitrogen and oxygen atoms in total. The zero-order chi connectivity index (χ0) is 17.0. The van der Waals surface area contributed by atoms with Crippen LogP contribution in [0.3, 0.4) is 0 Å². The van der Waals surface area contributed by atoms with Gasteiger partial charge >= 0.3 is 0 Å². The molecule has 1 atom stereocenters. The Morgan fingerprint density at radius 1 is 1.13 bits per heavy atom. The Hall–Kier alpha value is -0.590. The van der Waals surface area contributed by atoms with Gasteiger partial charge in [0, 0.05) is 20.4 Å². The zero-order valence-electron chi connectivity index (χ0n) is 12.3. The Balaban J connectivity index is 2.28. The molecule has 0 unspecified atom stereocenters. The molecule has 2 aromatic rings. The first-order valence-corrected chi connectivity index (χ1v) is 10.1. The van der Waals surface area contributed by atoms with Crippen molar-refractivity contribution < 1.29 is 12.6 Å². The Labute approximate surface area is 154 Å². The summed E-state index contributed by atoms with van der Waals surface area (Å²) < 4.78 is 28.6. The van der Waals surface area contributed by atoms with Crippen LogP contribution in [0.5, 0.6) is 0 Å². The quantitative estimate of drug-likeness (QED) is 0.593. The molecule has 0 N–H and O–H groups in total. The second-order valence-electron chi connectivity index (χ2n) is 5.18. The van der Waals surface area contributed by atoms with Crippen molar-refractivity contribution >= 4 is 49.2 Å². The summed E-state index contributed by atoms with van der Waals surface area (Å²) in [5.74, 6) is -0.198. The molecule has 0 aromatic heterocycles. The smallest absolute Gasteiger partial charge is 0.264 e. The van der Waals surface area contributed by atoms with Crippen molar-refractivity contribution in [1.82, 2.24) is 0 Å². The fraction of sp³-hybridized carbons (Fsp3) is 0.250. The fourth-order valence-corrected chi connectivity index (χ4v) is 3.44. The third-order valence-corrected chi connectivity index (χ3v) is 4.94. The third-order valence-electron chi connectivity index (χ3n) is 3.28. The zero-order valence-corrected chi connectivity index (χ0v) is 16.2. The van der Waals surface area contributed by atoms with Crippen molar-refractivity contribution in [1.29, 1.82) is 0 Å². The van der Waals surface area contributed by atoms with Crippen LogP contribution in [-0.2, 0) is 20.7 Å². The number of halogens is 3. The van der Waals surface area contributed by atoms with Gasteiger partial charge in [0.05, 0.1) is 12.9 Å². The average Bonchev–Trinajstić information content (AvgIpc) is 2.45. The molecule has 0 aliphatic rings. The predicted molar refractivity (Wildman–Crippen MR) is 97.8 cm³/mol. The van der Waals surface area contributed by atoms with E-state index in [0.29, 0.717) is 16.5 Å². The minimum absolute atomic E-state index is 0.0241. The van der Waals surface area contributed by atoms with Crippen LogP contribution >= 0.6 is 39.1 Å². The molecule has 0 radical (unpaired) electrons. The molecule has 0 heterocycles. The topological polar surface area (TPSA) is 43.4 Å². The summed E-state index contributed by atoms with van der Waals surface area (Å²) in [5, 5.41) is 1.03. The first-order chi connectivity index (χ1) is 10.7. The highest BCUT2D eigenvalue weighted by molar-refractivity contribution is 9.10. The normalized spacial score (nSPS) is 13.0. The van der Waals surface area contributed by atoms with Crippen LogP contribution in [0, 0.1) is 0 Å². The van der Waals surface area contributed by atoms with E-state index in [4.69, 9.17) is 27.4 Å². The molecule has 0 saturated heterocycles. The molecule has 0 fully saturated rings. The molecule has 0 amide bonds. The minimum Gasteiger partial charge on any atom is -0.270 e. The van der Waals surface area contributed by atoms with E-state index >= 15 is 0 Å². The van der Waals surface area contributed by atoms with E-state index in [9.17, 15) is 8.42 Å². The summed E-state index contributed by atoms with van der Waals surface area (Å²) in [7, 11) is -3.52. The lowest BCUT2D eigenvalue weighted by molar-refractivity contribution is 0.293. The van der Waals surface area contributed by atoms with E-state index < -0.39 is 10.1 Å². The molecular weight excluding hydrogens is 423 g/mol. The van der Waals surface area contributed by atoms with Crippen LogP contribution in [-0.4, -0.2) is 21.3 Å². The van der Waals surface area contributed by atoms with Crippen LogP contribution in [0.15, 0.2) is 46.9 Å². The third kappa shape index (κ3) is 6.08.